The van der Waals surface area contributed by atoms with E-state index >= 15 is 0 Å². The van der Waals surface area contributed by atoms with Crippen molar-refractivity contribution < 1.29 is 26.7 Å². The first-order valence-electron chi connectivity index (χ1n) is 5.26. The maximum atomic E-state index is 12.5. The van der Waals surface area contributed by atoms with Crippen LogP contribution in [0.25, 0.3) is 0 Å². The van der Waals surface area contributed by atoms with Crippen LogP contribution in [0.4, 0.5) is 13.2 Å². The zero-order valence-electron chi connectivity index (χ0n) is 9.40. The van der Waals surface area contributed by atoms with Crippen molar-refractivity contribution in [3.63, 3.8) is 0 Å². The van der Waals surface area contributed by atoms with Crippen molar-refractivity contribution in [1.29, 1.82) is 0 Å². The number of rotatable bonds is 1. The van der Waals surface area contributed by atoms with Crippen LogP contribution in [0.5, 0.6) is 0 Å². The number of fused-ring (bicyclic) bond motifs is 1. The van der Waals surface area contributed by atoms with Crippen LogP contribution in [0.1, 0.15) is 18.1 Å². The summed E-state index contributed by atoms with van der Waals surface area (Å²) >= 11 is 0. The topological polar surface area (TPSA) is 54.4 Å². The summed E-state index contributed by atoms with van der Waals surface area (Å²) in [6.45, 7) is 1.32. The average molecular weight is 280 g/mol. The number of aliphatic hydroxyl groups is 1. The van der Waals surface area contributed by atoms with Gasteiger partial charge in [0.2, 0.25) is 0 Å². The minimum absolute atomic E-state index is 0.0491. The first-order chi connectivity index (χ1) is 8.14. The normalized spacial score (nSPS) is 23.7. The van der Waals surface area contributed by atoms with Gasteiger partial charge < -0.3 is 5.11 Å². The van der Waals surface area contributed by atoms with E-state index in [9.17, 15) is 26.7 Å². The van der Waals surface area contributed by atoms with Crippen LogP contribution in [-0.2, 0) is 22.4 Å². The Balaban J connectivity index is 2.56. The molecule has 0 saturated carbocycles. The van der Waals surface area contributed by atoms with Gasteiger partial charge in [0.25, 0.3) is 0 Å². The molecule has 100 valence electrons. The number of hydrogen-bond donors (Lipinski definition) is 1. The summed E-state index contributed by atoms with van der Waals surface area (Å²) in [5.74, 6) is 0. The van der Waals surface area contributed by atoms with Gasteiger partial charge in [0.1, 0.15) is 0 Å². The molecule has 0 amide bonds. The van der Waals surface area contributed by atoms with Crippen molar-refractivity contribution in [3.8, 4) is 0 Å². The lowest BCUT2D eigenvalue weighted by atomic mass is 10.1. The largest absolute Gasteiger partial charge is 0.416 e. The van der Waals surface area contributed by atoms with E-state index < -0.39 is 32.9 Å². The van der Waals surface area contributed by atoms with Crippen molar-refractivity contribution in [3.05, 3.63) is 29.3 Å². The number of aliphatic hydroxyl groups excluding tert-OH is 1. The van der Waals surface area contributed by atoms with Crippen molar-refractivity contribution in [2.45, 2.75) is 35.8 Å². The van der Waals surface area contributed by atoms with Gasteiger partial charge in [0, 0.05) is 0 Å². The lowest BCUT2D eigenvalue weighted by molar-refractivity contribution is -0.137. The summed E-state index contributed by atoms with van der Waals surface area (Å²) in [6.07, 6.45) is -5.64. The summed E-state index contributed by atoms with van der Waals surface area (Å²) in [4.78, 5) is -0.316. The van der Waals surface area contributed by atoms with E-state index in [0.717, 1.165) is 12.1 Å². The Labute approximate surface area is 102 Å². The van der Waals surface area contributed by atoms with Crippen molar-refractivity contribution >= 4 is 9.84 Å². The Morgan fingerprint density at radius 2 is 2.00 bits per heavy atom. The Bertz CT molecular complexity index is 576. The molecule has 3 nitrogen and oxygen atoms in total. The van der Waals surface area contributed by atoms with Gasteiger partial charge in [-0.25, -0.2) is 8.42 Å². The molecule has 2 rings (SSSR count). The number of sulfone groups is 1. The first-order valence-corrected chi connectivity index (χ1v) is 6.81. The Kier molecular flexibility index (Phi) is 2.94. The Morgan fingerprint density at radius 1 is 1.39 bits per heavy atom. The summed E-state index contributed by atoms with van der Waals surface area (Å²) in [6, 6.07) is 2.67. The summed E-state index contributed by atoms with van der Waals surface area (Å²) < 4.78 is 61.5. The monoisotopic (exact) mass is 280 g/mol. The lowest BCUT2D eigenvalue weighted by Gasteiger charge is -2.12. The van der Waals surface area contributed by atoms with Gasteiger partial charge in [-0.15, -0.1) is 0 Å². The highest BCUT2D eigenvalue weighted by Crippen LogP contribution is 2.37. The summed E-state index contributed by atoms with van der Waals surface area (Å²) in [5.41, 5.74) is -0.662. The molecule has 1 aliphatic heterocycles. The third-order valence-corrected chi connectivity index (χ3v) is 5.41. The molecule has 0 aromatic heterocycles. The van der Waals surface area contributed by atoms with Crippen LogP contribution in [0, 0.1) is 0 Å². The van der Waals surface area contributed by atoms with Gasteiger partial charge in [-0.1, -0.05) is 6.07 Å². The molecule has 2 atom stereocenters. The third kappa shape index (κ3) is 2.01. The molecule has 7 heteroatoms. The molecule has 1 aromatic rings. The van der Waals surface area contributed by atoms with Crippen LogP contribution >= 0.6 is 0 Å². The standard InChI is InChI=1S/C11H11F3O3S/c1-6(15)9-4-7-2-3-8(11(12,13)14)5-10(7)18(9,16)17/h2-3,5-6,9,15H,4H2,1H3. The van der Waals surface area contributed by atoms with Gasteiger partial charge >= 0.3 is 6.18 Å². The molecule has 2 unspecified atom stereocenters. The van der Waals surface area contributed by atoms with Crippen LogP contribution in [0.15, 0.2) is 23.1 Å². The maximum Gasteiger partial charge on any atom is 0.416 e. The second kappa shape index (κ2) is 3.96. The molecule has 0 saturated heterocycles. The van der Waals surface area contributed by atoms with Crippen LogP contribution in [0.2, 0.25) is 0 Å². The predicted molar refractivity (Wildman–Crippen MR) is 57.8 cm³/mol. The zero-order valence-corrected chi connectivity index (χ0v) is 10.2. The van der Waals surface area contributed by atoms with Gasteiger partial charge in [0.05, 0.1) is 21.8 Å². The van der Waals surface area contributed by atoms with Crippen molar-refractivity contribution in [2.24, 2.45) is 0 Å². The molecule has 0 aliphatic carbocycles. The Morgan fingerprint density at radius 3 is 2.50 bits per heavy atom. The van der Waals surface area contributed by atoms with Crippen molar-refractivity contribution in [2.75, 3.05) is 0 Å². The number of halogens is 3. The molecule has 0 bridgehead atoms. The fourth-order valence-electron chi connectivity index (χ4n) is 2.08. The Hall–Kier alpha value is -1.08. The van der Waals surface area contributed by atoms with Crippen LogP contribution in [0.3, 0.4) is 0 Å². The molecular weight excluding hydrogens is 269 g/mol. The molecule has 0 radical (unpaired) electrons. The van der Waals surface area contributed by atoms with E-state index in [0.29, 0.717) is 11.6 Å². The van der Waals surface area contributed by atoms with Crippen LogP contribution in [-0.4, -0.2) is 24.9 Å². The molecular formula is C11H11F3O3S. The second-order valence-electron chi connectivity index (χ2n) is 4.35. The summed E-state index contributed by atoms with van der Waals surface area (Å²) in [5, 5.41) is 8.33. The quantitative estimate of drug-likeness (QED) is 0.853. The smallest absolute Gasteiger partial charge is 0.392 e. The maximum absolute atomic E-state index is 12.5. The molecule has 18 heavy (non-hydrogen) atoms. The fraction of sp³-hybridized carbons (Fsp3) is 0.455. The third-order valence-electron chi connectivity index (χ3n) is 3.06. The van der Waals surface area contributed by atoms with Gasteiger partial charge in [-0.3, -0.25) is 0 Å². The van der Waals surface area contributed by atoms with E-state index in [4.69, 9.17) is 0 Å². The molecule has 1 aromatic carbocycles. The van der Waals surface area contributed by atoms with E-state index in [2.05, 4.69) is 0 Å². The lowest BCUT2D eigenvalue weighted by Crippen LogP contribution is -2.29. The van der Waals surface area contributed by atoms with E-state index in [1.54, 1.807) is 0 Å². The predicted octanol–water partition coefficient (Wildman–Crippen LogP) is 1.78. The van der Waals surface area contributed by atoms with Crippen molar-refractivity contribution in [1.82, 2.24) is 0 Å². The van der Waals surface area contributed by atoms with E-state index in [1.807, 2.05) is 0 Å². The first kappa shape index (κ1) is 13.4. The second-order valence-corrected chi connectivity index (χ2v) is 6.48. The van der Waals surface area contributed by atoms with E-state index in [1.165, 1.54) is 6.92 Å². The molecule has 0 fully saturated rings. The number of benzene rings is 1. The highest BCUT2D eigenvalue weighted by molar-refractivity contribution is 7.92. The molecule has 1 aliphatic rings. The van der Waals surface area contributed by atoms with Gasteiger partial charge in [-0.2, -0.15) is 13.2 Å². The summed E-state index contributed by atoms with van der Waals surface area (Å²) in [7, 11) is -3.88. The highest BCUT2D eigenvalue weighted by Gasteiger charge is 2.41. The minimum Gasteiger partial charge on any atom is -0.392 e. The minimum atomic E-state index is -4.58. The number of alkyl halides is 3. The fourth-order valence-corrected chi connectivity index (χ4v) is 4.14. The van der Waals surface area contributed by atoms with Gasteiger partial charge in [-0.05, 0) is 31.0 Å². The van der Waals surface area contributed by atoms with E-state index in [-0.39, 0.29) is 11.3 Å². The number of hydrogen-bond acceptors (Lipinski definition) is 3. The average Bonchev–Trinajstić information content (AvgIpc) is 2.49. The SMILES string of the molecule is CC(O)C1Cc2ccc(C(F)(F)F)cc2S1(=O)=O. The molecule has 1 N–H and O–H groups in total. The van der Waals surface area contributed by atoms with Crippen LogP contribution < -0.4 is 0 Å². The molecule has 1 heterocycles. The van der Waals surface area contributed by atoms with Gasteiger partial charge in [0.15, 0.2) is 9.84 Å². The molecule has 0 spiro atoms. The highest BCUT2D eigenvalue weighted by atomic mass is 32.2. The zero-order chi connectivity index (χ0) is 13.7.